The van der Waals surface area contributed by atoms with Crippen LogP contribution < -0.4 is 20.9 Å². The van der Waals surface area contributed by atoms with Crippen molar-refractivity contribution in [2.24, 2.45) is 7.05 Å². The van der Waals surface area contributed by atoms with Crippen LogP contribution in [0.5, 0.6) is 5.75 Å². The fourth-order valence-electron chi connectivity index (χ4n) is 3.64. The number of aryl methyl sites for hydroxylation is 2. The van der Waals surface area contributed by atoms with Gasteiger partial charge in [0.25, 0.3) is 5.56 Å². The number of carbonyl (C=O) groups excluding carboxylic acids is 1. The molecule has 0 atom stereocenters. The van der Waals surface area contributed by atoms with Gasteiger partial charge in [-0.25, -0.2) is 9.37 Å². The van der Waals surface area contributed by atoms with Gasteiger partial charge in [0, 0.05) is 24.2 Å². The molecule has 0 fully saturated rings. The van der Waals surface area contributed by atoms with Crippen LogP contribution in [-0.2, 0) is 11.8 Å². The Labute approximate surface area is 215 Å². The summed E-state index contributed by atoms with van der Waals surface area (Å²) in [5, 5.41) is 6.56. The quantitative estimate of drug-likeness (QED) is 0.315. The molecule has 0 aliphatic rings. The Morgan fingerprint density at radius 3 is 2.64 bits per heavy atom. The smallest absolute Gasteiger partial charge is 0.259 e. The van der Waals surface area contributed by atoms with Crippen LogP contribution in [0.4, 0.5) is 21.7 Å². The summed E-state index contributed by atoms with van der Waals surface area (Å²) in [6.45, 7) is 5.18. The molecule has 4 rings (SSSR count). The lowest BCUT2D eigenvalue weighted by Gasteiger charge is -2.15. The Bertz CT molecular complexity index is 1600. The monoisotopic (exact) mass is 527 g/mol. The Morgan fingerprint density at radius 2 is 1.94 bits per heavy atom. The highest BCUT2D eigenvalue weighted by molar-refractivity contribution is 6.40. The van der Waals surface area contributed by atoms with E-state index in [1.807, 2.05) is 0 Å². The van der Waals surface area contributed by atoms with Gasteiger partial charge in [-0.15, -0.1) is 0 Å². The van der Waals surface area contributed by atoms with E-state index in [-0.39, 0.29) is 27.8 Å². The predicted octanol–water partition coefficient (Wildman–Crippen LogP) is 5.63. The molecular weight excluding hydrogens is 508 g/mol. The molecule has 2 aromatic carbocycles. The summed E-state index contributed by atoms with van der Waals surface area (Å²) < 4.78 is 20.4. The third kappa shape index (κ3) is 4.62. The molecule has 1 amide bonds. The third-order valence-corrected chi connectivity index (χ3v) is 6.32. The van der Waals surface area contributed by atoms with Crippen molar-refractivity contribution >= 4 is 57.5 Å². The normalized spacial score (nSPS) is 10.8. The standard InChI is InChI=1S/C25H20Cl2FN5O3/c1-5-19(34)30-17-10-14(28)6-7-16(17)31-25-29-11-13-9-15(24(35)33(3)23(13)32-25)20-21(26)12(2)8-18(36-4)22(20)27/h5-11H,1H2,2-4H3,(H,30,34)(H,29,31,32). The zero-order valence-electron chi connectivity index (χ0n) is 19.4. The van der Waals surface area contributed by atoms with E-state index in [0.29, 0.717) is 38.6 Å². The van der Waals surface area contributed by atoms with Crippen molar-refractivity contribution in [3.05, 3.63) is 81.0 Å². The fourth-order valence-corrected chi connectivity index (χ4v) is 4.27. The van der Waals surface area contributed by atoms with Gasteiger partial charge in [-0.3, -0.25) is 14.2 Å². The van der Waals surface area contributed by atoms with Gasteiger partial charge in [-0.05, 0) is 48.9 Å². The SMILES string of the molecule is C=CC(=O)Nc1cc(F)ccc1Nc1ncc2cc(-c3c(Cl)c(C)cc(OC)c3Cl)c(=O)n(C)c2n1. The maximum atomic E-state index is 13.8. The highest BCUT2D eigenvalue weighted by Gasteiger charge is 2.21. The molecule has 8 nitrogen and oxygen atoms in total. The summed E-state index contributed by atoms with van der Waals surface area (Å²) in [6.07, 6.45) is 2.59. The highest BCUT2D eigenvalue weighted by Crippen LogP contribution is 2.42. The van der Waals surface area contributed by atoms with Gasteiger partial charge in [-0.2, -0.15) is 4.98 Å². The Morgan fingerprint density at radius 1 is 1.19 bits per heavy atom. The van der Waals surface area contributed by atoms with E-state index in [9.17, 15) is 14.0 Å². The molecule has 0 aliphatic carbocycles. The van der Waals surface area contributed by atoms with Crippen LogP contribution in [0.25, 0.3) is 22.2 Å². The largest absolute Gasteiger partial charge is 0.495 e. The van der Waals surface area contributed by atoms with Crippen LogP contribution in [0, 0.1) is 12.7 Å². The lowest BCUT2D eigenvalue weighted by Crippen LogP contribution is -2.20. The Kier molecular flexibility index (Phi) is 6.96. The first-order chi connectivity index (χ1) is 17.1. The van der Waals surface area contributed by atoms with Gasteiger partial charge >= 0.3 is 0 Å². The lowest BCUT2D eigenvalue weighted by molar-refractivity contribution is -0.111. The van der Waals surface area contributed by atoms with E-state index >= 15 is 0 Å². The zero-order valence-corrected chi connectivity index (χ0v) is 21.0. The van der Waals surface area contributed by atoms with Gasteiger partial charge in [0.15, 0.2) is 0 Å². The molecule has 184 valence electrons. The Balaban J connectivity index is 1.81. The number of anilines is 3. The zero-order chi connectivity index (χ0) is 26.1. The van der Waals surface area contributed by atoms with Crippen molar-refractivity contribution in [2.45, 2.75) is 6.92 Å². The minimum Gasteiger partial charge on any atom is -0.495 e. The number of fused-ring (bicyclic) bond motifs is 1. The summed E-state index contributed by atoms with van der Waals surface area (Å²) >= 11 is 13.1. The van der Waals surface area contributed by atoms with Crippen LogP contribution in [0.2, 0.25) is 10.0 Å². The minimum atomic E-state index is -0.542. The molecule has 2 N–H and O–H groups in total. The van der Waals surface area contributed by atoms with Crippen molar-refractivity contribution < 1.29 is 13.9 Å². The summed E-state index contributed by atoms with van der Waals surface area (Å²) in [4.78, 5) is 33.8. The summed E-state index contributed by atoms with van der Waals surface area (Å²) in [6, 6.07) is 7.11. The lowest BCUT2D eigenvalue weighted by atomic mass is 10.0. The number of hydrogen-bond acceptors (Lipinski definition) is 6. The molecule has 0 unspecified atom stereocenters. The number of carbonyl (C=O) groups is 1. The van der Waals surface area contributed by atoms with Crippen LogP contribution in [0.1, 0.15) is 5.56 Å². The topological polar surface area (TPSA) is 98.1 Å². The van der Waals surface area contributed by atoms with E-state index in [0.717, 1.165) is 12.1 Å². The predicted molar refractivity (Wildman–Crippen MR) is 140 cm³/mol. The molecule has 4 aromatic rings. The molecule has 0 bridgehead atoms. The van der Waals surface area contributed by atoms with Gasteiger partial charge < -0.3 is 15.4 Å². The van der Waals surface area contributed by atoms with Gasteiger partial charge in [0.2, 0.25) is 11.9 Å². The van der Waals surface area contributed by atoms with Crippen molar-refractivity contribution in [1.29, 1.82) is 0 Å². The molecule has 0 saturated carbocycles. The number of halogens is 3. The van der Waals surface area contributed by atoms with Crippen molar-refractivity contribution in [3.63, 3.8) is 0 Å². The van der Waals surface area contributed by atoms with E-state index in [1.165, 1.54) is 30.0 Å². The van der Waals surface area contributed by atoms with Crippen molar-refractivity contribution in [2.75, 3.05) is 17.7 Å². The first-order valence-electron chi connectivity index (χ1n) is 10.5. The second-order valence-electron chi connectivity index (χ2n) is 7.80. The Hall–Kier alpha value is -3.95. The molecule has 0 radical (unpaired) electrons. The highest BCUT2D eigenvalue weighted by atomic mass is 35.5. The van der Waals surface area contributed by atoms with Crippen molar-refractivity contribution in [1.82, 2.24) is 14.5 Å². The minimum absolute atomic E-state index is 0.124. The van der Waals surface area contributed by atoms with E-state index < -0.39 is 11.7 Å². The second kappa shape index (κ2) is 9.96. The van der Waals surface area contributed by atoms with Gasteiger partial charge in [-0.1, -0.05) is 29.8 Å². The number of pyridine rings is 1. The van der Waals surface area contributed by atoms with Crippen LogP contribution in [0.15, 0.2) is 54.0 Å². The molecule has 0 saturated heterocycles. The second-order valence-corrected chi connectivity index (χ2v) is 8.56. The maximum absolute atomic E-state index is 13.8. The first kappa shape index (κ1) is 25.2. The molecule has 11 heteroatoms. The molecule has 2 heterocycles. The number of rotatable bonds is 6. The number of hydrogen-bond donors (Lipinski definition) is 2. The number of amides is 1. The summed E-state index contributed by atoms with van der Waals surface area (Å²) in [5.41, 5.74) is 1.78. The average Bonchev–Trinajstić information content (AvgIpc) is 2.86. The molecule has 36 heavy (non-hydrogen) atoms. The molecular formula is C25H20Cl2FN5O3. The number of methoxy groups -OCH3 is 1. The average molecular weight is 528 g/mol. The first-order valence-corrected chi connectivity index (χ1v) is 11.3. The molecule has 2 aromatic heterocycles. The van der Waals surface area contributed by atoms with Gasteiger partial charge in [0.05, 0.1) is 34.1 Å². The van der Waals surface area contributed by atoms with E-state index in [1.54, 1.807) is 26.1 Å². The third-order valence-electron chi connectivity index (χ3n) is 5.46. The number of aromatic nitrogens is 3. The van der Waals surface area contributed by atoms with Crippen LogP contribution >= 0.6 is 23.2 Å². The van der Waals surface area contributed by atoms with Crippen LogP contribution in [-0.4, -0.2) is 27.6 Å². The molecule has 0 spiro atoms. The van der Waals surface area contributed by atoms with Crippen molar-refractivity contribution in [3.8, 4) is 16.9 Å². The molecule has 0 aliphatic heterocycles. The summed E-state index contributed by atoms with van der Waals surface area (Å²) in [7, 11) is 3.04. The summed E-state index contributed by atoms with van der Waals surface area (Å²) in [5.74, 6) is -0.535. The van der Waals surface area contributed by atoms with E-state index in [4.69, 9.17) is 27.9 Å². The fraction of sp³-hybridized carbons (Fsp3) is 0.120. The number of nitrogens with zero attached hydrogens (tertiary/aromatic N) is 3. The maximum Gasteiger partial charge on any atom is 0.259 e. The number of nitrogens with one attached hydrogen (secondary N) is 2. The van der Waals surface area contributed by atoms with Gasteiger partial charge in [0.1, 0.15) is 17.2 Å². The van der Waals surface area contributed by atoms with E-state index in [2.05, 4.69) is 27.2 Å². The van der Waals surface area contributed by atoms with Crippen LogP contribution in [0.3, 0.4) is 0 Å². The number of ether oxygens (including phenoxy) is 1. The number of benzene rings is 2.